The lowest BCUT2D eigenvalue weighted by Gasteiger charge is -2.08. The van der Waals surface area contributed by atoms with Crippen LogP contribution in [0.2, 0.25) is 0 Å². The Morgan fingerprint density at radius 2 is 2.36 bits per heavy atom. The fourth-order valence-electron chi connectivity index (χ4n) is 0.913. The summed E-state index contributed by atoms with van der Waals surface area (Å²) in [4.78, 5) is 0. The van der Waals surface area contributed by atoms with Gasteiger partial charge in [0.25, 0.3) is 0 Å². The molecule has 1 unspecified atom stereocenters. The van der Waals surface area contributed by atoms with Crippen molar-refractivity contribution in [1.29, 1.82) is 0 Å². The van der Waals surface area contributed by atoms with Crippen molar-refractivity contribution in [3.05, 3.63) is 0 Å². The summed E-state index contributed by atoms with van der Waals surface area (Å²) in [6, 6.07) is -0.0300. The summed E-state index contributed by atoms with van der Waals surface area (Å²) < 4.78 is 29.3. The van der Waals surface area contributed by atoms with Crippen LogP contribution in [0.15, 0.2) is 0 Å². The molecule has 0 aliphatic carbocycles. The fraction of sp³-hybridized carbons (Fsp3) is 1.00. The van der Waals surface area contributed by atoms with E-state index in [0.717, 1.165) is 6.42 Å². The molecule has 1 aliphatic rings. The lowest BCUT2D eigenvalue weighted by molar-refractivity contribution is 0.192. The molecule has 0 bridgehead atoms. The summed E-state index contributed by atoms with van der Waals surface area (Å²) in [5.74, 6) is 0. The van der Waals surface area contributed by atoms with Crippen LogP contribution in [0.5, 0.6) is 0 Å². The zero-order valence-electron chi connectivity index (χ0n) is 5.92. The predicted molar refractivity (Wildman–Crippen MR) is 45.1 cm³/mol. The van der Waals surface area contributed by atoms with E-state index in [-0.39, 0.29) is 10.7 Å². The van der Waals surface area contributed by atoms with Crippen LogP contribution in [0.3, 0.4) is 0 Å². The molecule has 0 aromatic carbocycles. The van der Waals surface area contributed by atoms with E-state index in [4.69, 9.17) is 4.74 Å². The normalized spacial score (nSPS) is 25.7. The standard InChI is InChI=1S/C5H10BrNO3S/c6-4-11(8,9)7-5-1-2-10-3-5/h5,7H,1-4H2. The third-order valence-corrected chi connectivity index (χ3v) is 4.21. The van der Waals surface area contributed by atoms with Gasteiger partial charge in [-0.1, -0.05) is 15.9 Å². The maximum Gasteiger partial charge on any atom is 0.221 e. The topological polar surface area (TPSA) is 55.4 Å². The Balaban J connectivity index is 2.41. The quantitative estimate of drug-likeness (QED) is 0.713. The number of hydrogen-bond donors (Lipinski definition) is 1. The largest absolute Gasteiger partial charge is 0.380 e. The van der Waals surface area contributed by atoms with Crippen LogP contribution in [0.1, 0.15) is 6.42 Å². The molecule has 1 N–H and O–H groups in total. The number of rotatable bonds is 3. The monoisotopic (exact) mass is 243 g/mol. The first-order valence-electron chi connectivity index (χ1n) is 3.28. The van der Waals surface area contributed by atoms with Crippen LogP contribution in [-0.4, -0.2) is 32.3 Å². The highest BCUT2D eigenvalue weighted by molar-refractivity contribution is 9.10. The molecule has 11 heavy (non-hydrogen) atoms. The molecule has 1 heterocycles. The first-order chi connectivity index (χ1) is 5.14. The van der Waals surface area contributed by atoms with Crippen molar-refractivity contribution in [2.24, 2.45) is 0 Å². The van der Waals surface area contributed by atoms with E-state index in [1.807, 2.05) is 0 Å². The molecule has 0 spiro atoms. The molecule has 1 aliphatic heterocycles. The molecule has 4 nitrogen and oxygen atoms in total. The van der Waals surface area contributed by atoms with Crippen LogP contribution in [-0.2, 0) is 14.8 Å². The van der Waals surface area contributed by atoms with Crippen molar-refractivity contribution in [2.75, 3.05) is 17.9 Å². The highest BCUT2D eigenvalue weighted by Crippen LogP contribution is 2.05. The van der Waals surface area contributed by atoms with Gasteiger partial charge in [-0.15, -0.1) is 0 Å². The molecule has 1 fully saturated rings. The Morgan fingerprint density at radius 1 is 1.64 bits per heavy atom. The second-order valence-electron chi connectivity index (χ2n) is 2.40. The van der Waals surface area contributed by atoms with Gasteiger partial charge >= 0.3 is 0 Å². The highest BCUT2D eigenvalue weighted by atomic mass is 79.9. The van der Waals surface area contributed by atoms with Crippen molar-refractivity contribution in [3.8, 4) is 0 Å². The average molecular weight is 244 g/mol. The highest BCUT2D eigenvalue weighted by Gasteiger charge is 2.20. The number of halogens is 1. The third kappa shape index (κ3) is 3.06. The molecular weight excluding hydrogens is 234 g/mol. The van der Waals surface area contributed by atoms with Crippen molar-refractivity contribution in [1.82, 2.24) is 4.72 Å². The summed E-state index contributed by atoms with van der Waals surface area (Å²) in [6.07, 6.45) is 0.770. The number of hydrogen-bond acceptors (Lipinski definition) is 3. The van der Waals surface area contributed by atoms with Crippen molar-refractivity contribution >= 4 is 26.0 Å². The van der Waals surface area contributed by atoms with E-state index in [1.165, 1.54) is 0 Å². The zero-order valence-corrected chi connectivity index (χ0v) is 8.32. The molecule has 0 radical (unpaired) electrons. The molecular formula is C5H10BrNO3S. The number of sulfonamides is 1. The van der Waals surface area contributed by atoms with Crippen molar-refractivity contribution in [2.45, 2.75) is 12.5 Å². The summed E-state index contributed by atoms with van der Waals surface area (Å²) in [7, 11) is -3.12. The zero-order chi connectivity index (χ0) is 8.32. The Bertz CT molecular complexity index is 210. The van der Waals surface area contributed by atoms with Gasteiger partial charge in [-0.25, -0.2) is 13.1 Å². The van der Waals surface area contributed by atoms with Crippen molar-refractivity contribution in [3.63, 3.8) is 0 Å². The predicted octanol–water partition coefficient (Wildman–Crippen LogP) is 0.0471. The minimum atomic E-state index is -3.12. The van der Waals surface area contributed by atoms with Gasteiger partial charge in [0.1, 0.15) is 4.66 Å². The minimum absolute atomic E-state index is 0.0300. The minimum Gasteiger partial charge on any atom is -0.380 e. The second kappa shape index (κ2) is 3.84. The summed E-state index contributed by atoms with van der Waals surface area (Å²) in [5.41, 5.74) is 0. The maximum absolute atomic E-state index is 10.9. The average Bonchev–Trinajstić information content (AvgIpc) is 2.39. The van der Waals surface area contributed by atoms with Crippen LogP contribution in [0.4, 0.5) is 0 Å². The lowest BCUT2D eigenvalue weighted by Crippen LogP contribution is -2.35. The van der Waals surface area contributed by atoms with E-state index in [9.17, 15) is 8.42 Å². The Kier molecular flexibility index (Phi) is 3.29. The first kappa shape index (κ1) is 9.44. The fourth-order valence-corrected chi connectivity index (χ4v) is 2.07. The van der Waals surface area contributed by atoms with E-state index in [0.29, 0.717) is 13.2 Å². The van der Waals surface area contributed by atoms with Crippen molar-refractivity contribution < 1.29 is 13.2 Å². The van der Waals surface area contributed by atoms with Gasteiger partial charge in [-0.2, -0.15) is 0 Å². The van der Waals surface area contributed by atoms with E-state index >= 15 is 0 Å². The van der Waals surface area contributed by atoms with Gasteiger partial charge in [0.05, 0.1) is 6.61 Å². The Hall–Kier alpha value is 0.350. The van der Waals surface area contributed by atoms with Crippen LogP contribution < -0.4 is 4.72 Å². The Labute approximate surface area is 74.5 Å². The van der Waals surface area contributed by atoms with Gasteiger partial charge in [-0.3, -0.25) is 0 Å². The molecule has 0 amide bonds. The van der Waals surface area contributed by atoms with Crippen LogP contribution >= 0.6 is 15.9 Å². The molecule has 0 aromatic rings. The van der Waals surface area contributed by atoms with E-state index in [2.05, 4.69) is 20.7 Å². The summed E-state index contributed by atoms with van der Waals surface area (Å²) >= 11 is 2.89. The number of alkyl halides is 1. The maximum atomic E-state index is 10.9. The number of ether oxygens (including phenoxy) is 1. The number of nitrogens with one attached hydrogen (secondary N) is 1. The van der Waals surface area contributed by atoms with E-state index in [1.54, 1.807) is 0 Å². The molecule has 66 valence electrons. The van der Waals surface area contributed by atoms with E-state index < -0.39 is 10.0 Å². The van der Waals surface area contributed by atoms with Gasteiger partial charge in [-0.05, 0) is 6.42 Å². The Morgan fingerprint density at radius 3 is 2.82 bits per heavy atom. The molecule has 0 aromatic heterocycles. The lowest BCUT2D eigenvalue weighted by atomic mass is 10.3. The van der Waals surface area contributed by atoms with Gasteiger partial charge in [0.15, 0.2) is 0 Å². The van der Waals surface area contributed by atoms with Crippen LogP contribution in [0, 0.1) is 0 Å². The smallest absolute Gasteiger partial charge is 0.221 e. The molecule has 6 heteroatoms. The third-order valence-electron chi connectivity index (χ3n) is 1.42. The molecule has 1 atom stereocenters. The van der Waals surface area contributed by atoms with Crippen LogP contribution in [0.25, 0.3) is 0 Å². The molecule has 0 saturated carbocycles. The van der Waals surface area contributed by atoms with Gasteiger partial charge < -0.3 is 4.74 Å². The van der Waals surface area contributed by atoms with Gasteiger partial charge in [0.2, 0.25) is 10.0 Å². The van der Waals surface area contributed by atoms with Gasteiger partial charge in [0, 0.05) is 12.6 Å². The second-order valence-corrected chi connectivity index (χ2v) is 5.46. The SMILES string of the molecule is O=S(=O)(CBr)NC1CCOC1. The molecule has 1 rings (SSSR count). The molecule has 1 saturated heterocycles. The summed E-state index contributed by atoms with van der Waals surface area (Å²) in [5, 5.41) is 0. The summed E-state index contributed by atoms with van der Waals surface area (Å²) in [6.45, 7) is 1.14. The first-order valence-corrected chi connectivity index (χ1v) is 6.05.